The van der Waals surface area contributed by atoms with Crippen LogP contribution < -0.4 is 11.1 Å². The lowest BCUT2D eigenvalue weighted by molar-refractivity contribution is 0.0933. The molecular weight excluding hydrogens is 224 g/mol. The summed E-state index contributed by atoms with van der Waals surface area (Å²) in [6.07, 6.45) is 7.28. The van der Waals surface area contributed by atoms with Crippen LogP contribution in [-0.4, -0.2) is 11.9 Å². The molecule has 0 bridgehead atoms. The lowest BCUT2D eigenvalue weighted by Gasteiger charge is -2.17. The number of rotatable bonds is 2. The topological polar surface area (TPSA) is 55.1 Å². The number of nitrogens with two attached hydrogens (primary N) is 1. The van der Waals surface area contributed by atoms with Crippen molar-refractivity contribution in [1.29, 1.82) is 0 Å². The van der Waals surface area contributed by atoms with Gasteiger partial charge in [-0.15, -0.1) is 0 Å². The zero-order valence-electron chi connectivity index (χ0n) is 11.0. The van der Waals surface area contributed by atoms with Crippen LogP contribution in [-0.2, 0) is 0 Å². The number of carbonyl (C=O) groups excluding carboxylic acids is 1. The largest absolute Gasteiger partial charge is 0.399 e. The highest BCUT2D eigenvalue weighted by Crippen LogP contribution is 2.18. The molecular formula is C15H22N2O. The molecule has 1 aliphatic rings. The normalized spacial score (nSPS) is 17.2. The zero-order chi connectivity index (χ0) is 13.0. The Balaban J connectivity index is 2.02. The smallest absolute Gasteiger partial charge is 0.251 e. The van der Waals surface area contributed by atoms with Crippen molar-refractivity contribution in [2.45, 2.75) is 51.5 Å². The van der Waals surface area contributed by atoms with Crippen molar-refractivity contribution in [3.63, 3.8) is 0 Å². The first kappa shape index (κ1) is 12.9. The Kier molecular flexibility index (Phi) is 4.24. The van der Waals surface area contributed by atoms with E-state index in [1.807, 2.05) is 19.1 Å². The highest BCUT2D eigenvalue weighted by atomic mass is 16.1. The third kappa shape index (κ3) is 3.25. The maximum Gasteiger partial charge on any atom is 0.251 e. The summed E-state index contributed by atoms with van der Waals surface area (Å²) in [6, 6.07) is 5.80. The predicted molar refractivity (Wildman–Crippen MR) is 74.5 cm³/mol. The summed E-state index contributed by atoms with van der Waals surface area (Å²) in [5.74, 6) is 0.0411. The Labute approximate surface area is 109 Å². The van der Waals surface area contributed by atoms with Crippen molar-refractivity contribution in [1.82, 2.24) is 5.32 Å². The van der Waals surface area contributed by atoms with E-state index in [2.05, 4.69) is 5.32 Å². The summed E-state index contributed by atoms with van der Waals surface area (Å²) >= 11 is 0. The molecule has 0 spiro atoms. The molecule has 0 aliphatic heterocycles. The highest BCUT2D eigenvalue weighted by Gasteiger charge is 2.16. The van der Waals surface area contributed by atoms with Crippen LogP contribution in [0.15, 0.2) is 18.2 Å². The lowest BCUT2D eigenvalue weighted by atomic mass is 10.1. The van der Waals surface area contributed by atoms with Crippen LogP contribution in [0, 0.1) is 6.92 Å². The molecule has 1 amide bonds. The monoisotopic (exact) mass is 246 g/mol. The first-order chi connectivity index (χ1) is 8.66. The molecule has 0 radical (unpaired) electrons. The minimum absolute atomic E-state index is 0.0411. The maximum absolute atomic E-state index is 12.2. The molecule has 98 valence electrons. The molecule has 2 rings (SSSR count). The van der Waals surface area contributed by atoms with E-state index >= 15 is 0 Å². The Hall–Kier alpha value is -1.51. The van der Waals surface area contributed by atoms with E-state index in [0.29, 0.717) is 11.7 Å². The van der Waals surface area contributed by atoms with Crippen molar-refractivity contribution in [3.8, 4) is 0 Å². The fraction of sp³-hybridized carbons (Fsp3) is 0.533. The van der Waals surface area contributed by atoms with Gasteiger partial charge in [-0.25, -0.2) is 0 Å². The molecule has 0 atom stereocenters. The molecule has 0 saturated heterocycles. The molecule has 3 nitrogen and oxygen atoms in total. The number of nitrogens with one attached hydrogen (secondary N) is 1. The minimum Gasteiger partial charge on any atom is -0.399 e. The second-order valence-corrected chi connectivity index (χ2v) is 5.24. The molecule has 0 aromatic heterocycles. The van der Waals surface area contributed by atoms with Gasteiger partial charge in [0.25, 0.3) is 5.91 Å². The third-order valence-electron chi connectivity index (χ3n) is 3.69. The van der Waals surface area contributed by atoms with Gasteiger partial charge in [0, 0.05) is 17.3 Å². The Morgan fingerprint density at radius 1 is 1.22 bits per heavy atom. The number of hydrogen-bond acceptors (Lipinski definition) is 2. The van der Waals surface area contributed by atoms with E-state index in [9.17, 15) is 4.79 Å². The molecule has 0 heterocycles. The molecule has 3 heteroatoms. The minimum atomic E-state index is 0.0411. The van der Waals surface area contributed by atoms with E-state index in [1.165, 1.54) is 25.7 Å². The number of benzene rings is 1. The van der Waals surface area contributed by atoms with E-state index in [-0.39, 0.29) is 5.91 Å². The van der Waals surface area contributed by atoms with Gasteiger partial charge in [0.15, 0.2) is 0 Å². The number of aryl methyl sites for hydroxylation is 1. The summed E-state index contributed by atoms with van der Waals surface area (Å²) in [5.41, 5.74) is 8.10. The fourth-order valence-corrected chi connectivity index (χ4v) is 2.63. The van der Waals surface area contributed by atoms with Crippen molar-refractivity contribution in [3.05, 3.63) is 29.3 Å². The average Bonchev–Trinajstić information content (AvgIpc) is 2.57. The SMILES string of the molecule is Cc1cc(N)ccc1C(=O)NC1CCCCCC1. The third-order valence-corrected chi connectivity index (χ3v) is 3.69. The van der Waals surface area contributed by atoms with E-state index < -0.39 is 0 Å². The Bertz CT molecular complexity index is 421. The standard InChI is InChI=1S/C15H22N2O/c1-11-10-12(16)8-9-14(11)15(18)17-13-6-4-2-3-5-7-13/h8-10,13H,2-7,16H2,1H3,(H,17,18). The zero-order valence-corrected chi connectivity index (χ0v) is 11.0. The molecule has 18 heavy (non-hydrogen) atoms. The van der Waals surface area contributed by atoms with Gasteiger partial charge in [0.05, 0.1) is 0 Å². The average molecular weight is 246 g/mol. The van der Waals surface area contributed by atoms with Gasteiger partial charge < -0.3 is 11.1 Å². The van der Waals surface area contributed by atoms with Gasteiger partial charge in [-0.2, -0.15) is 0 Å². The molecule has 1 aromatic rings. The Morgan fingerprint density at radius 3 is 2.50 bits per heavy atom. The van der Waals surface area contributed by atoms with Gasteiger partial charge in [0.2, 0.25) is 0 Å². The van der Waals surface area contributed by atoms with Crippen LogP contribution in [0.2, 0.25) is 0 Å². The quantitative estimate of drug-likeness (QED) is 0.622. The van der Waals surface area contributed by atoms with Crippen LogP contribution >= 0.6 is 0 Å². The molecule has 3 N–H and O–H groups in total. The highest BCUT2D eigenvalue weighted by molar-refractivity contribution is 5.96. The van der Waals surface area contributed by atoms with Gasteiger partial charge in [0.1, 0.15) is 0 Å². The fourth-order valence-electron chi connectivity index (χ4n) is 2.63. The number of carbonyl (C=O) groups is 1. The van der Waals surface area contributed by atoms with Gasteiger partial charge >= 0.3 is 0 Å². The summed E-state index contributed by atoms with van der Waals surface area (Å²) in [6.45, 7) is 1.93. The first-order valence-corrected chi connectivity index (χ1v) is 6.84. The molecule has 1 aliphatic carbocycles. The molecule has 1 fully saturated rings. The molecule has 1 saturated carbocycles. The van der Waals surface area contributed by atoms with E-state index in [1.54, 1.807) is 6.07 Å². The molecule has 0 unspecified atom stereocenters. The first-order valence-electron chi connectivity index (χ1n) is 6.84. The van der Waals surface area contributed by atoms with Crippen LogP contribution in [0.3, 0.4) is 0 Å². The second-order valence-electron chi connectivity index (χ2n) is 5.24. The van der Waals surface area contributed by atoms with E-state index in [4.69, 9.17) is 5.73 Å². The number of hydrogen-bond donors (Lipinski definition) is 2. The lowest BCUT2D eigenvalue weighted by Crippen LogP contribution is -2.34. The Morgan fingerprint density at radius 2 is 1.89 bits per heavy atom. The number of nitrogen functional groups attached to an aromatic ring is 1. The summed E-state index contributed by atoms with van der Waals surface area (Å²) in [5, 5.41) is 3.16. The summed E-state index contributed by atoms with van der Waals surface area (Å²) in [7, 11) is 0. The molecule has 1 aromatic carbocycles. The van der Waals surface area contributed by atoms with Gasteiger partial charge in [-0.3, -0.25) is 4.79 Å². The van der Waals surface area contributed by atoms with Gasteiger partial charge in [-0.05, 0) is 43.5 Å². The summed E-state index contributed by atoms with van der Waals surface area (Å²) in [4.78, 5) is 12.2. The maximum atomic E-state index is 12.2. The summed E-state index contributed by atoms with van der Waals surface area (Å²) < 4.78 is 0. The van der Waals surface area contributed by atoms with Crippen LogP contribution in [0.4, 0.5) is 5.69 Å². The van der Waals surface area contributed by atoms with Crippen molar-refractivity contribution >= 4 is 11.6 Å². The van der Waals surface area contributed by atoms with Crippen molar-refractivity contribution in [2.75, 3.05) is 5.73 Å². The van der Waals surface area contributed by atoms with Crippen LogP contribution in [0.25, 0.3) is 0 Å². The van der Waals surface area contributed by atoms with Gasteiger partial charge in [-0.1, -0.05) is 25.7 Å². The predicted octanol–water partition coefficient (Wildman–Crippen LogP) is 3.03. The second kappa shape index (κ2) is 5.89. The van der Waals surface area contributed by atoms with Crippen molar-refractivity contribution in [2.24, 2.45) is 0 Å². The van der Waals surface area contributed by atoms with Crippen molar-refractivity contribution < 1.29 is 4.79 Å². The van der Waals surface area contributed by atoms with Crippen LogP contribution in [0.5, 0.6) is 0 Å². The number of amides is 1. The number of anilines is 1. The van der Waals surface area contributed by atoms with Crippen LogP contribution in [0.1, 0.15) is 54.4 Å². The van der Waals surface area contributed by atoms with E-state index in [0.717, 1.165) is 24.0 Å².